The van der Waals surface area contributed by atoms with Crippen LogP contribution >= 0.6 is 11.3 Å². The van der Waals surface area contributed by atoms with E-state index in [1.807, 2.05) is 42.6 Å². The van der Waals surface area contributed by atoms with Crippen molar-refractivity contribution < 1.29 is 4.92 Å². The maximum Gasteiger partial charge on any atom is 0.269 e. The molecule has 0 spiro atoms. The Kier molecular flexibility index (Phi) is 4.62. The van der Waals surface area contributed by atoms with Gasteiger partial charge in [-0.3, -0.25) is 15.5 Å². The summed E-state index contributed by atoms with van der Waals surface area (Å²) in [5.41, 5.74) is 6.50. The Balaban J connectivity index is 1.72. The van der Waals surface area contributed by atoms with Crippen molar-refractivity contribution in [3.05, 3.63) is 75.7 Å². The van der Waals surface area contributed by atoms with Crippen molar-refractivity contribution in [3.63, 3.8) is 0 Å². The van der Waals surface area contributed by atoms with Crippen LogP contribution in [0, 0.1) is 10.1 Å². The minimum atomic E-state index is -0.418. The molecule has 3 rings (SSSR count). The topological polar surface area (TPSA) is 80.4 Å². The molecule has 0 radical (unpaired) electrons. The molecule has 120 valence electrons. The molecule has 0 aliphatic carbocycles. The van der Waals surface area contributed by atoms with E-state index in [2.05, 4.69) is 15.5 Å². The first kappa shape index (κ1) is 15.8. The van der Waals surface area contributed by atoms with E-state index in [0.29, 0.717) is 5.13 Å². The number of thiazole rings is 1. The zero-order valence-electron chi connectivity index (χ0n) is 12.8. The number of aromatic nitrogens is 1. The van der Waals surface area contributed by atoms with Gasteiger partial charge in [-0.1, -0.05) is 30.3 Å². The van der Waals surface area contributed by atoms with Crippen LogP contribution in [-0.2, 0) is 0 Å². The molecule has 24 heavy (non-hydrogen) atoms. The van der Waals surface area contributed by atoms with E-state index in [9.17, 15) is 10.1 Å². The second-order valence-corrected chi connectivity index (χ2v) is 5.88. The van der Waals surface area contributed by atoms with Crippen molar-refractivity contribution in [2.45, 2.75) is 6.92 Å². The second-order valence-electron chi connectivity index (χ2n) is 5.02. The van der Waals surface area contributed by atoms with E-state index < -0.39 is 4.92 Å². The maximum atomic E-state index is 10.7. The third-order valence-corrected chi connectivity index (χ3v) is 4.14. The smallest absolute Gasteiger partial charge is 0.258 e. The summed E-state index contributed by atoms with van der Waals surface area (Å²) in [6, 6.07) is 16.2. The molecule has 0 atom stereocenters. The molecule has 0 amide bonds. The largest absolute Gasteiger partial charge is 0.269 e. The van der Waals surface area contributed by atoms with Crippen molar-refractivity contribution in [2.24, 2.45) is 5.10 Å². The van der Waals surface area contributed by atoms with Gasteiger partial charge in [0.2, 0.25) is 5.13 Å². The number of nitro benzene ring substituents is 1. The minimum Gasteiger partial charge on any atom is -0.258 e. The summed E-state index contributed by atoms with van der Waals surface area (Å²) >= 11 is 1.43. The van der Waals surface area contributed by atoms with Crippen LogP contribution in [0.1, 0.15) is 12.5 Å². The van der Waals surface area contributed by atoms with Gasteiger partial charge in [0.25, 0.3) is 5.69 Å². The van der Waals surface area contributed by atoms with Crippen LogP contribution in [0.15, 0.2) is 65.1 Å². The average molecular weight is 338 g/mol. The summed E-state index contributed by atoms with van der Waals surface area (Å²) in [4.78, 5) is 14.7. The Morgan fingerprint density at radius 2 is 1.88 bits per heavy atom. The molecular formula is C17H14N4O2S. The number of benzene rings is 2. The number of nitrogens with zero attached hydrogens (tertiary/aromatic N) is 3. The number of rotatable bonds is 5. The van der Waals surface area contributed by atoms with Crippen molar-refractivity contribution in [1.82, 2.24) is 4.98 Å². The van der Waals surface area contributed by atoms with Gasteiger partial charge in [0.1, 0.15) is 0 Å². The van der Waals surface area contributed by atoms with E-state index in [-0.39, 0.29) is 5.69 Å². The molecule has 1 N–H and O–H groups in total. The second kappa shape index (κ2) is 7.01. The van der Waals surface area contributed by atoms with Gasteiger partial charge in [-0.15, -0.1) is 11.3 Å². The van der Waals surface area contributed by atoms with Gasteiger partial charge in [-0.05, 0) is 24.6 Å². The summed E-state index contributed by atoms with van der Waals surface area (Å²) in [6.07, 6.45) is 0. The van der Waals surface area contributed by atoms with Crippen molar-refractivity contribution in [3.8, 4) is 11.3 Å². The normalized spacial score (nSPS) is 11.3. The van der Waals surface area contributed by atoms with Crippen LogP contribution in [0.25, 0.3) is 11.3 Å². The summed E-state index contributed by atoms with van der Waals surface area (Å²) < 4.78 is 0. The molecule has 0 saturated heterocycles. The highest BCUT2D eigenvalue weighted by atomic mass is 32.1. The van der Waals surface area contributed by atoms with E-state index >= 15 is 0 Å². The number of hydrazone groups is 1. The molecule has 0 bridgehead atoms. The molecule has 0 aliphatic rings. The van der Waals surface area contributed by atoms with Gasteiger partial charge in [0, 0.05) is 23.1 Å². The van der Waals surface area contributed by atoms with Crippen LogP contribution in [0.3, 0.4) is 0 Å². The molecule has 3 aromatic rings. The lowest BCUT2D eigenvalue weighted by molar-refractivity contribution is -0.384. The molecular weight excluding hydrogens is 324 g/mol. The van der Waals surface area contributed by atoms with Crippen LogP contribution in [0.4, 0.5) is 10.8 Å². The van der Waals surface area contributed by atoms with E-state index in [0.717, 1.165) is 22.5 Å². The molecule has 0 unspecified atom stereocenters. The van der Waals surface area contributed by atoms with E-state index in [1.54, 1.807) is 12.1 Å². The fourth-order valence-electron chi connectivity index (χ4n) is 2.09. The maximum absolute atomic E-state index is 10.7. The minimum absolute atomic E-state index is 0.0652. The molecule has 0 aliphatic heterocycles. The Morgan fingerprint density at radius 1 is 1.17 bits per heavy atom. The van der Waals surface area contributed by atoms with Gasteiger partial charge >= 0.3 is 0 Å². The SMILES string of the molecule is C/C(=N/Nc1nc(-c2ccc([N+](=O)[O-])cc2)cs1)c1ccccc1. The highest BCUT2D eigenvalue weighted by Gasteiger charge is 2.08. The molecule has 0 saturated carbocycles. The Morgan fingerprint density at radius 3 is 2.54 bits per heavy atom. The van der Waals surface area contributed by atoms with Gasteiger partial charge in [-0.25, -0.2) is 4.98 Å². The number of non-ortho nitro benzene ring substituents is 1. The Hall–Kier alpha value is -3.06. The first-order valence-electron chi connectivity index (χ1n) is 7.19. The number of hydrogen-bond acceptors (Lipinski definition) is 6. The number of hydrogen-bond donors (Lipinski definition) is 1. The first-order valence-corrected chi connectivity index (χ1v) is 8.07. The van der Waals surface area contributed by atoms with Crippen LogP contribution in [0.5, 0.6) is 0 Å². The zero-order valence-corrected chi connectivity index (χ0v) is 13.7. The van der Waals surface area contributed by atoms with E-state index in [4.69, 9.17) is 0 Å². The molecule has 7 heteroatoms. The third kappa shape index (κ3) is 3.64. The van der Waals surface area contributed by atoms with Crippen molar-refractivity contribution in [1.29, 1.82) is 0 Å². The number of nitrogens with one attached hydrogen (secondary N) is 1. The van der Waals surface area contributed by atoms with Crippen LogP contribution in [-0.4, -0.2) is 15.6 Å². The summed E-state index contributed by atoms with van der Waals surface area (Å²) in [7, 11) is 0. The van der Waals surface area contributed by atoms with Crippen LogP contribution in [0.2, 0.25) is 0 Å². The van der Waals surface area contributed by atoms with E-state index in [1.165, 1.54) is 23.5 Å². The third-order valence-electron chi connectivity index (χ3n) is 3.39. The molecule has 0 fully saturated rings. The highest BCUT2D eigenvalue weighted by Crippen LogP contribution is 2.26. The molecule has 1 heterocycles. The Bertz CT molecular complexity index is 873. The van der Waals surface area contributed by atoms with Gasteiger partial charge in [0.15, 0.2) is 0 Å². The summed E-state index contributed by atoms with van der Waals surface area (Å²) in [6.45, 7) is 1.92. The number of nitro groups is 1. The highest BCUT2D eigenvalue weighted by molar-refractivity contribution is 7.14. The van der Waals surface area contributed by atoms with Crippen molar-refractivity contribution >= 4 is 27.9 Å². The van der Waals surface area contributed by atoms with Crippen LogP contribution < -0.4 is 5.43 Å². The van der Waals surface area contributed by atoms with Gasteiger partial charge in [0.05, 0.1) is 16.3 Å². The fraction of sp³-hybridized carbons (Fsp3) is 0.0588. The van der Waals surface area contributed by atoms with Gasteiger partial charge in [-0.2, -0.15) is 5.10 Å². The Labute approximate surface area is 142 Å². The lowest BCUT2D eigenvalue weighted by Gasteiger charge is -2.00. The molecule has 1 aromatic heterocycles. The lowest BCUT2D eigenvalue weighted by Crippen LogP contribution is -1.99. The predicted molar refractivity (Wildman–Crippen MR) is 96.5 cm³/mol. The quantitative estimate of drug-likeness (QED) is 0.420. The molecule has 6 nitrogen and oxygen atoms in total. The lowest BCUT2D eigenvalue weighted by atomic mass is 10.1. The summed E-state index contributed by atoms with van der Waals surface area (Å²) in [5, 5.41) is 17.6. The van der Waals surface area contributed by atoms with Crippen molar-refractivity contribution in [2.75, 3.05) is 5.43 Å². The summed E-state index contributed by atoms with van der Waals surface area (Å²) in [5.74, 6) is 0. The average Bonchev–Trinajstić information content (AvgIpc) is 3.09. The monoisotopic (exact) mass is 338 g/mol. The van der Waals surface area contributed by atoms with Gasteiger partial charge < -0.3 is 0 Å². The predicted octanol–water partition coefficient (Wildman–Crippen LogP) is 4.55. The molecule has 2 aromatic carbocycles. The fourth-order valence-corrected chi connectivity index (χ4v) is 2.75. The first-order chi connectivity index (χ1) is 11.6. The standard InChI is InChI=1S/C17H14N4O2S/c1-12(13-5-3-2-4-6-13)19-20-17-18-16(11-24-17)14-7-9-15(10-8-14)21(22)23/h2-11H,1H3,(H,18,20)/b19-12-. The zero-order chi connectivity index (χ0) is 16.9. The number of anilines is 1.